The highest BCUT2D eigenvalue weighted by atomic mass is 15.2. The van der Waals surface area contributed by atoms with E-state index in [1.807, 2.05) is 42.5 Å². The summed E-state index contributed by atoms with van der Waals surface area (Å²) in [4.78, 5) is 8.90. The summed E-state index contributed by atoms with van der Waals surface area (Å²) >= 11 is 0. The van der Waals surface area contributed by atoms with Crippen LogP contribution in [0.15, 0.2) is 91.3 Å². The molecule has 31 heavy (non-hydrogen) atoms. The van der Waals surface area contributed by atoms with E-state index >= 15 is 0 Å². The molecule has 0 aliphatic heterocycles. The minimum Gasteiger partial charge on any atom is -0.259 e. The smallest absolute Gasteiger partial charge is 0.155 e. The summed E-state index contributed by atoms with van der Waals surface area (Å²) in [6.07, 6.45) is 9.86. The number of H-pyrrole nitrogens is 1. The van der Waals surface area contributed by atoms with Gasteiger partial charge in [-0.15, -0.1) is 0 Å². The maximum absolute atomic E-state index is 4.69. The predicted molar refractivity (Wildman–Crippen MR) is 128 cm³/mol. The molecule has 2 heterocycles. The number of fused-ring (bicyclic) bond motifs is 1. The summed E-state index contributed by atoms with van der Waals surface area (Å²) in [7, 11) is 0. The molecule has 0 fully saturated rings. The van der Waals surface area contributed by atoms with Gasteiger partial charge in [-0.3, -0.25) is 5.10 Å². The Balaban J connectivity index is 1.28. The van der Waals surface area contributed by atoms with E-state index in [4.69, 9.17) is 0 Å². The zero-order valence-corrected chi connectivity index (χ0v) is 16.8. The van der Waals surface area contributed by atoms with Gasteiger partial charge in [-0.2, -0.15) is 5.10 Å². The number of para-hydroxylation sites is 1. The van der Waals surface area contributed by atoms with Crippen LogP contribution in [0.5, 0.6) is 0 Å². The number of pyridine rings is 1. The molecule has 3 aromatic carbocycles. The topological polar surface area (TPSA) is 54.5 Å². The van der Waals surface area contributed by atoms with E-state index in [1.54, 1.807) is 0 Å². The molecule has 0 atom stereocenters. The third-order valence-corrected chi connectivity index (χ3v) is 5.05. The highest BCUT2D eigenvalue weighted by Crippen LogP contribution is 2.18. The number of aromatic nitrogens is 4. The van der Waals surface area contributed by atoms with Crippen molar-refractivity contribution in [2.24, 2.45) is 0 Å². The molecule has 0 aliphatic rings. The lowest BCUT2D eigenvalue weighted by Crippen LogP contribution is -1.83. The molecule has 0 spiro atoms. The minimum atomic E-state index is 0.771. The normalized spacial score (nSPS) is 11.6. The van der Waals surface area contributed by atoms with Crippen molar-refractivity contribution < 1.29 is 0 Å². The van der Waals surface area contributed by atoms with Crippen LogP contribution < -0.4 is 0 Å². The van der Waals surface area contributed by atoms with E-state index in [0.717, 1.165) is 44.7 Å². The molecule has 148 valence electrons. The first kappa shape index (κ1) is 18.7. The first-order chi connectivity index (χ1) is 15.3. The van der Waals surface area contributed by atoms with Gasteiger partial charge in [0, 0.05) is 10.9 Å². The van der Waals surface area contributed by atoms with Gasteiger partial charge < -0.3 is 0 Å². The van der Waals surface area contributed by atoms with Crippen molar-refractivity contribution in [2.75, 3.05) is 0 Å². The zero-order valence-electron chi connectivity index (χ0n) is 16.8. The van der Waals surface area contributed by atoms with Gasteiger partial charge in [-0.05, 0) is 41.0 Å². The molecule has 0 saturated heterocycles. The molecule has 0 saturated carbocycles. The Labute approximate surface area is 180 Å². The highest BCUT2D eigenvalue weighted by Gasteiger charge is 2.00. The summed E-state index contributed by atoms with van der Waals surface area (Å²) in [5.41, 5.74) is 6.37. The average molecular weight is 400 g/mol. The molecular formula is C27H20N4. The molecule has 5 rings (SSSR count). The quantitative estimate of drug-likeness (QED) is 0.349. The van der Waals surface area contributed by atoms with E-state index < -0.39 is 0 Å². The molecule has 2 aromatic heterocycles. The third kappa shape index (κ3) is 4.49. The van der Waals surface area contributed by atoms with Gasteiger partial charge in [-0.25, -0.2) is 9.97 Å². The van der Waals surface area contributed by atoms with Crippen molar-refractivity contribution in [1.82, 2.24) is 20.2 Å². The first-order valence-corrected chi connectivity index (χ1v) is 10.1. The molecule has 1 N–H and O–H groups in total. The van der Waals surface area contributed by atoms with E-state index in [-0.39, 0.29) is 0 Å². The van der Waals surface area contributed by atoms with Crippen molar-refractivity contribution in [3.63, 3.8) is 0 Å². The largest absolute Gasteiger partial charge is 0.259 e. The van der Waals surface area contributed by atoms with Crippen LogP contribution in [0.25, 0.3) is 46.6 Å². The Kier molecular flexibility index (Phi) is 5.18. The van der Waals surface area contributed by atoms with Gasteiger partial charge in [0.15, 0.2) is 5.82 Å². The number of nitrogens with zero attached hydrogens (tertiary/aromatic N) is 3. The number of rotatable bonds is 5. The van der Waals surface area contributed by atoms with Gasteiger partial charge in [0.25, 0.3) is 0 Å². The van der Waals surface area contributed by atoms with Gasteiger partial charge in [0.2, 0.25) is 0 Å². The van der Waals surface area contributed by atoms with Crippen molar-refractivity contribution >= 4 is 35.2 Å². The zero-order chi connectivity index (χ0) is 20.9. The van der Waals surface area contributed by atoms with Crippen molar-refractivity contribution in [2.45, 2.75) is 0 Å². The lowest BCUT2D eigenvalue weighted by atomic mass is 10.1. The Hall–Kier alpha value is -4.31. The van der Waals surface area contributed by atoms with E-state index in [1.165, 1.54) is 6.33 Å². The number of nitrogens with one attached hydrogen (secondary N) is 1. The predicted octanol–water partition coefficient (Wildman–Crippen LogP) is 6.36. The van der Waals surface area contributed by atoms with Crippen LogP contribution in [0.3, 0.4) is 0 Å². The molecule has 0 unspecified atom stereocenters. The SMILES string of the molecule is C(=C/c1cccc(-c2ncn[nH]2)c1)/c1ccc(/C=C/c2ccc3ccccc3n2)cc1. The number of benzene rings is 3. The lowest BCUT2D eigenvalue weighted by molar-refractivity contribution is 1.10. The maximum atomic E-state index is 4.69. The summed E-state index contributed by atoms with van der Waals surface area (Å²) in [5.74, 6) is 0.771. The number of hydrogen-bond acceptors (Lipinski definition) is 3. The summed E-state index contributed by atoms with van der Waals surface area (Å²) < 4.78 is 0. The Morgan fingerprint density at radius 1 is 0.645 bits per heavy atom. The van der Waals surface area contributed by atoms with E-state index in [9.17, 15) is 0 Å². The second-order valence-corrected chi connectivity index (χ2v) is 7.22. The van der Waals surface area contributed by atoms with Gasteiger partial charge >= 0.3 is 0 Å². The molecule has 4 heteroatoms. The van der Waals surface area contributed by atoms with Crippen molar-refractivity contribution in [3.05, 3.63) is 114 Å². The fourth-order valence-corrected chi connectivity index (χ4v) is 3.40. The molecule has 5 aromatic rings. The van der Waals surface area contributed by atoms with Gasteiger partial charge in [-0.1, -0.05) is 85.0 Å². The first-order valence-electron chi connectivity index (χ1n) is 10.1. The van der Waals surface area contributed by atoms with E-state index in [0.29, 0.717) is 0 Å². The van der Waals surface area contributed by atoms with Gasteiger partial charge in [0.1, 0.15) is 6.33 Å². The number of aromatic amines is 1. The van der Waals surface area contributed by atoms with Crippen LogP contribution in [0, 0.1) is 0 Å². The Morgan fingerprint density at radius 2 is 1.42 bits per heavy atom. The molecule has 0 aliphatic carbocycles. The average Bonchev–Trinajstić information content (AvgIpc) is 3.37. The Morgan fingerprint density at radius 3 is 2.23 bits per heavy atom. The summed E-state index contributed by atoms with van der Waals surface area (Å²) in [5, 5.41) is 7.97. The molecule has 0 radical (unpaired) electrons. The summed E-state index contributed by atoms with van der Waals surface area (Å²) in [6.45, 7) is 0. The standard InChI is InChI=1S/C27H20N4/c1-2-7-26-23(5-1)15-17-25(30-26)16-14-21-10-8-20(9-11-21)12-13-22-4-3-6-24(18-22)27-28-19-29-31-27/h1-19H,(H,28,29,31)/b13-12-,16-14+. The highest BCUT2D eigenvalue weighted by molar-refractivity contribution is 5.81. The van der Waals surface area contributed by atoms with Crippen LogP contribution in [0.4, 0.5) is 0 Å². The lowest BCUT2D eigenvalue weighted by Gasteiger charge is -2.00. The van der Waals surface area contributed by atoms with Crippen LogP contribution >= 0.6 is 0 Å². The second-order valence-electron chi connectivity index (χ2n) is 7.22. The molecule has 0 amide bonds. The Bertz CT molecular complexity index is 1360. The minimum absolute atomic E-state index is 0.771. The van der Waals surface area contributed by atoms with Crippen LogP contribution in [0.2, 0.25) is 0 Å². The van der Waals surface area contributed by atoms with Crippen LogP contribution in [-0.4, -0.2) is 20.2 Å². The molecule has 4 nitrogen and oxygen atoms in total. The molecule has 0 bridgehead atoms. The van der Waals surface area contributed by atoms with Crippen molar-refractivity contribution in [1.29, 1.82) is 0 Å². The third-order valence-electron chi connectivity index (χ3n) is 5.05. The second kappa shape index (κ2) is 8.59. The maximum Gasteiger partial charge on any atom is 0.155 e. The monoisotopic (exact) mass is 400 g/mol. The fourth-order valence-electron chi connectivity index (χ4n) is 3.40. The van der Waals surface area contributed by atoms with Crippen LogP contribution in [0.1, 0.15) is 22.4 Å². The molecular weight excluding hydrogens is 380 g/mol. The van der Waals surface area contributed by atoms with Crippen molar-refractivity contribution in [3.8, 4) is 11.4 Å². The summed E-state index contributed by atoms with van der Waals surface area (Å²) in [6, 6.07) is 29.0. The van der Waals surface area contributed by atoms with E-state index in [2.05, 4.69) is 86.9 Å². The van der Waals surface area contributed by atoms with Gasteiger partial charge in [0.05, 0.1) is 11.2 Å². The number of hydrogen-bond donors (Lipinski definition) is 1. The van der Waals surface area contributed by atoms with Crippen LogP contribution in [-0.2, 0) is 0 Å². The fraction of sp³-hybridized carbons (Fsp3) is 0.